The fourth-order valence-corrected chi connectivity index (χ4v) is 2.28. The van der Waals surface area contributed by atoms with Crippen LogP contribution in [0.4, 0.5) is 94.8 Å². The van der Waals surface area contributed by atoms with Gasteiger partial charge in [0.2, 0.25) is 5.83 Å². The summed E-state index contributed by atoms with van der Waals surface area (Å²) in [5.41, 5.74) is 9.15. The summed E-state index contributed by atoms with van der Waals surface area (Å²) in [6.45, 7) is 0. The number of allylic oxidation sites excluding steroid dienone is 1. The van der Waals surface area contributed by atoms with Gasteiger partial charge in [-0.25, -0.2) is 0 Å². The highest BCUT2D eigenvalue weighted by atomic mass is 19.4. The van der Waals surface area contributed by atoms with Gasteiger partial charge in [-0.3, -0.25) is 0 Å². The van der Waals surface area contributed by atoms with Crippen molar-refractivity contribution in [1.29, 1.82) is 0 Å². The van der Waals surface area contributed by atoms with Gasteiger partial charge in [0.25, 0.3) is 0 Å². The molecule has 0 spiro atoms. The minimum absolute atomic E-state index is 0.381. The van der Waals surface area contributed by atoms with Crippen molar-refractivity contribution in [1.82, 2.24) is 0 Å². The number of hydrogen-bond donors (Lipinski definition) is 2. The van der Waals surface area contributed by atoms with E-state index in [2.05, 4.69) is 4.74 Å². The Hall–Kier alpha value is -2.97. The zero-order chi connectivity index (χ0) is 30.7. The van der Waals surface area contributed by atoms with Crippen molar-refractivity contribution in [2.24, 2.45) is 0 Å². The van der Waals surface area contributed by atoms with Crippen LogP contribution < -0.4 is 16.2 Å². The van der Waals surface area contributed by atoms with E-state index in [4.69, 9.17) is 11.5 Å². The minimum Gasteiger partial charge on any atom is -0.429 e. The van der Waals surface area contributed by atoms with Crippen LogP contribution in [0.25, 0.3) is 0 Å². The van der Waals surface area contributed by atoms with Crippen molar-refractivity contribution >= 4 is 11.4 Å². The Morgan fingerprint density at radius 1 is 0.500 bits per heavy atom. The summed E-state index contributed by atoms with van der Waals surface area (Å²) in [5, 5.41) is 0. The van der Waals surface area contributed by atoms with E-state index < -0.39 is 76.6 Å². The second-order valence-electron chi connectivity index (χ2n) is 7.04. The summed E-state index contributed by atoms with van der Waals surface area (Å²) in [4.78, 5) is 0. The molecule has 0 aliphatic rings. The summed E-state index contributed by atoms with van der Waals surface area (Å²) in [6.07, 6.45) is -7.92. The third-order valence-electron chi connectivity index (χ3n) is 4.33. The van der Waals surface area contributed by atoms with E-state index in [1.807, 2.05) is 0 Å². The molecule has 0 heterocycles. The highest BCUT2D eigenvalue weighted by Gasteiger charge is 2.95. The molecule has 38 heavy (non-hydrogen) atoms. The first-order valence-corrected chi connectivity index (χ1v) is 8.56. The van der Waals surface area contributed by atoms with Gasteiger partial charge in [0, 0.05) is 23.5 Å². The molecule has 1 aromatic rings. The molecule has 0 amide bonds. The number of ether oxygens (including phenoxy) is 1. The second-order valence-corrected chi connectivity index (χ2v) is 7.04. The number of anilines is 2. The van der Waals surface area contributed by atoms with E-state index in [0.29, 0.717) is 12.1 Å². The lowest BCUT2D eigenvalue weighted by atomic mass is 9.88. The fourth-order valence-electron chi connectivity index (χ4n) is 2.28. The maximum atomic E-state index is 13.7. The predicted molar refractivity (Wildman–Crippen MR) is 85.8 cm³/mol. The molecule has 4 N–H and O–H groups in total. The molecular weight excluding hydrogens is 597 g/mol. The van der Waals surface area contributed by atoms with Crippen molar-refractivity contribution in [3.8, 4) is 5.75 Å². The van der Waals surface area contributed by atoms with Gasteiger partial charge in [0.1, 0.15) is 5.75 Å². The molecule has 220 valence electrons. The first-order valence-electron chi connectivity index (χ1n) is 8.56. The van der Waals surface area contributed by atoms with E-state index in [0.717, 1.165) is 6.07 Å². The first kappa shape index (κ1) is 33.1. The number of alkyl halides is 17. The quantitative estimate of drug-likeness (QED) is 0.176. The van der Waals surface area contributed by atoms with Crippen molar-refractivity contribution < 1.29 is 88.2 Å². The van der Waals surface area contributed by atoms with Crippen LogP contribution in [0.2, 0.25) is 0 Å². The summed E-state index contributed by atoms with van der Waals surface area (Å²) >= 11 is 0. The van der Waals surface area contributed by atoms with E-state index in [9.17, 15) is 83.4 Å². The average molecular weight is 604 g/mol. The molecule has 0 atom stereocenters. The third kappa shape index (κ3) is 4.58. The smallest absolute Gasteiger partial charge is 0.429 e. The van der Waals surface area contributed by atoms with Crippen LogP contribution in [0.15, 0.2) is 30.0 Å². The highest BCUT2D eigenvalue weighted by molar-refractivity contribution is 5.56. The lowest BCUT2D eigenvalue weighted by molar-refractivity contribution is -0.460. The predicted octanol–water partition coefficient (Wildman–Crippen LogP) is 7.35. The zero-order valence-corrected chi connectivity index (χ0v) is 17.0. The lowest BCUT2D eigenvalue weighted by Crippen LogP contribution is -2.74. The Balaban J connectivity index is 3.68. The molecule has 0 saturated carbocycles. The van der Waals surface area contributed by atoms with Crippen LogP contribution in [0, 0.1) is 0 Å². The molecule has 0 fully saturated rings. The molecule has 0 bridgehead atoms. The minimum atomic E-state index is -8.94. The molecule has 1 rings (SSSR count). The Labute approximate surface area is 195 Å². The van der Waals surface area contributed by atoms with Gasteiger partial charge in [-0.2, -0.15) is 83.4 Å². The van der Waals surface area contributed by atoms with Crippen LogP contribution >= 0.6 is 0 Å². The maximum absolute atomic E-state index is 13.7. The molecule has 0 unspecified atom stereocenters. The normalized spacial score (nSPS) is 15.9. The van der Waals surface area contributed by atoms with E-state index >= 15 is 0 Å². The molecule has 0 aliphatic carbocycles. The van der Waals surface area contributed by atoms with Crippen molar-refractivity contribution in [2.75, 3.05) is 11.5 Å². The molecule has 0 saturated heterocycles. The number of nitrogen functional groups attached to an aromatic ring is 2. The summed E-state index contributed by atoms with van der Waals surface area (Å²) in [7, 11) is 0. The Bertz CT molecular complexity index is 1050. The SMILES string of the molecule is Nc1cc(N)cc(OC(F)=C(F)C(F)(F)C(F)(F)C(F)(F)C(F)(F)C(F)(F)C(F)(F)C(F)(F)C(F)(F)F)c1. The number of hydrogen-bond acceptors (Lipinski definition) is 3. The largest absolute Gasteiger partial charge is 0.460 e. The van der Waals surface area contributed by atoms with Crippen molar-refractivity contribution in [2.45, 2.75) is 47.6 Å². The summed E-state index contributed by atoms with van der Waals surface area (Å²) in [5.74, 6) is -65.8. The second kappa shape index (κ2) is 9.06. The van der Waals surface area contributed by atoms with E-state index in [1.54, 1.807) is 0 Å². The molecule has 3 nitrogen and oxygen atoms in total. The Kier molecular flexibility index (Phi) is 7.88. The van der Waals surface area contributed by atoms with Crippen LogP contribution in [-0.2, 0) is 0 Å². The topological polar surface area (TPSA) is 61.3 Å². The third-order valence-corrected chi connectivity index (χ3v) is 4.33. The standard InChI is InChI=1S/C16H7F19N2O/c17-7(8(18)38-6-2-4(36)1-5(37)3-6)9(19,20)10(21,22)11(23,24)12(25,26)13(27,28)14(29,30)15(31,32)16(33,34)35/h1-3H,36-37H2. The summed E-state index contributed by atoms with van der Waals surface area (Å²) in [6, 6.07) is -2.09. The van der Waals surface area contributed by atoms with Crippen LogP contribution in [0.5, 0.6) is 5.75 Å². The number of rotatable bonds is 9. The highest BCUT2D eigenvalue weighted by Crippen LogP contribution is 2.64. The first-order chi connectivity index (χ1) is 16.4. The van der Waals surface area contributed by atoms with Gasteiger partial charge in [0.05, 0.1) is 0 Å². The summed E-state index contributed by atoms with van der Waals surface area (Å²) < 4.78 is 254. The maximum Gasteiger partial charge on any atom is 0.460 e. The lowest BCUT2D eigenvalue weighted by Gasteiger charge is -2.42. The molecule has 0 aliphatic heterocycles. The van der Waals surface area contributed by atoms with Gasteiger partial charge in [-0.15, -0.1) is 0 Å². The molecule has 0 aromatic heterocycles. The van der Waals surface area contributed by atoms with Gasteiger partial charge < -0.3 is 16.2 Å². The van der Waals surface area contributed by atoms with E-state index in [-0.39, 0.29) is 0 Å². The Morgan fingerprint density at radius 2 is 0.816 bits per heavy atom. The van der Waals surface area contributed by atoms with Crippen LogP contribution in [-0.4, -0.2) is 47.6 Å². The molecule has 22 heteroatoms. The van der Waals surface area contributed by atoms with Gasteiger partial charge in [-0.05, 0) is 6.07 Å². The van der Waals surface area contributed by atoms with Crippen molar-refractivity contribution in [3.05, 3.63) is 30.0 Å². The van der Waals surface area contributed by atoms with Gasteiger partial charge >= 0.3 is 53.6 Å². The fraction of sp³-hybridized carbons (Fsp3) is 0.500. The van der Waals surface area contributed by atoms with Crippen molar-refractivity contribution in [3.63, 3.8) is 0 Å². The zero-order valence-electron chi connectivity index (χ0n) is 17.0. The molecule has 0 radical (unpaired) electrons. The van der Waals surface area contributed by atoms with E-state index in [1.165, 1.54) is 0 Å². The number of halogens is 19. The molecular formula is C16H7F19N2O. The Morgan fingerprint density at radius 3 is 1.16 bits per heavy atom. The average Bonchev–Trinajstić information content (AvgIpc) is 2.70. The monoisotopic (exact) mass is 604 g/mol. The van der Waals surface area contributed by atoms with Crippen LogP contribution in [0.3, 0.4) is 0 Å². The number of nitrogens with two attached hydrogens (primary N) is 2. The van der Waals surface area contributed by atoms with Gasteiger partial charge in [-0.1, -0.05) is 0 Å². The van der Waals surface area contributed by atoms with Gasteiger partial charge in [0.15, 0.2) is 0 Å². The number of benzene rings is 1. The van der Waals surface area contributed by atoms with Crippen LogP contribution in [0.1, 0.15) is 0 Å². The molecule has 1 aromatic carbocycles.